The summed E-state index contributed by atoms with van der Waals surface area (Å²) in [5.74, 6) is -2.78. The van der Waals surface area contributed by atoms with Gasteiger partial charge in [-0.2, -0.15) is 8.78 Å². The number of alkyl halides is 3. The van der Waals surface area contributed by atoms with Gasteiger partial charge in [0.05, 0.1) is 6.61 Å². The summed E-state index contributed by atoms with van der Waals surface area (Å²) in [4.78, 5) is 0. The predicted octanol–water partition coefficient (Wildman–Crippen LogP) is 6.64. The molecule has 1 aliphatic carbocycles. The molecular formula is C22H29F5O3. The van der Waals surface area contributed by atoms with Gasteiger partial charge >= 0.3 is 6.11 Å². The second-order valence-corrected chi connectivity index (χ2v) is 8.36. The predicted molar refractivity (Wildman–Crippen MR) is 101 cm³/mol. The highest BCUT2D eigenvalue weighted by atomic mass is 19.3. The molecule has 0 amide bonds. The van der Waals surface area contributed by atoms with Crippen molar-refractivity contribution < 1.29 is 36.2 Å². The molecule has 1 aliphatic heterocycles. The van der Waals surface area contributed by atoms with E-state index < -0.39 is 42.2 Å². The molecule has 3 nitrogen and oxygen atoms in total. The van der Waals surface area contributed by atoms with Gasteiger partial charge < -0.3 is 14.2 Å². The third kappa shape index (κ3) is 5.56. The third-order valence-electron chi connectivity index (χ3n) is 6.37. The summed E-state index contributed by atoms with van der Waals surface area (Å²) in [7, 11) is 0. The van der Waals surface area contributed by atoms with Crippen molar-refractivity contribution in [2.24, 2.45) is 17.8 Å². The Balaban J connectivity index is 1.53. The molecule has 0 bridgehead atoms. The van der Waals surface area contributed by atoms with E-state index in [-0.39, 0.29) is 18.9 Å². The first-order valence-electron chi connectivity index (χ1n) is 10.7. The Kier molecular flexibility index (Phi) is 7.82. The average molecular weight is 436 g/mol. The minimum atomic E-state index is -3.74. The monoisotopic (exact) mass is 436 g/mol. The van der Waals surface area contributed by atoms with E-state index in [9.17, 15) is 22.0 Å². The molecule has 1 aromatic carbocycles. The number of halogens is 5. The summed E-state index contributed by atoms with van der Waals surface area (Å²) < 4.78 is 82.9. The molecule has 0 aromatic heterocycles. The van der Waals surface area contributed by atoms with Gasteiger partial charge in [-0.15, -0.1) is 0 Å². The summed E-state index contributed by atoms with van der Waals surface area (Å²) in [5.41, 5.74) is 0. The van der Waals surface area contributed by atoms with Crippen LogP contribution in [-0.4, -0.2) is 25.7 Å². The molecule has 1 saturated carbocycles. The maximum absolute atomic E-state index is 14.5. The van der Waals surface area contributed by atoms with Crippen LogP contribution >= 0.6 is 0 Å². The summed E-state index contributed by atoms with van der Waals surface area (Å²) in [6, 6.07) is 1.09. The topological polar surface area (TPSA) is 27.7 Å². The van der Waals surface area contributed by atoms with Crippen molar-refractivity contribution in [1.82, 2.24) is 0 Å². The van der Waals surface area contributed by atoms with Gasteiger partial charge in [0, 0.05) is 12.1 Å². The molecule has 2 atom stereocenters. The number of rotatable bonds is 8. The van der Waals surface area contributed by atoms with Crippen LogP contribution in [0.25, 0.3) is 0 Å². The number of benzene rings is 1. The minimum Gasteiger partial charge on any atom is -0.457 e. The van der Waals surface area contributed by atoms with Crippen molar-refractivity contribution in [1.29, 1.82) is 0 Å². The second kappa shape index (κ2) is 10.2. The van der Waals surface area contributed by atoms with Gasteiger partial charge in [-0.3, -0.25) is 0 Å². The fourth-order valence-electron chi connectivity index (χ4n) is 4.78. The molecule has 2 fully saturated rings. The lowest BCUT2D eigenvalue weighted by molar-refractivity contribution is -0.266. The van der Waals surface area contributed by atoms with Crippen molar-refractivity contribution in [3.63, 3.8) is 0 Å². The molecule has 30 heavy (non-hydrogen) atoms. The molecule has 170 valence electrons. The Labute approximate surface area is 173 Å². The zero-order valence-electron chi connectivity index (χ0n) is 17.1. The summed E-state index contributed by atoms with van der Waals surface area (Å²) in [6.07, 6.45) is 2.54. The zero-order valence-corrected chi connectivity index (χ0v) is 17.1. The molecule has 8 heteroatoms. The van der Waals surface area contributed by atoms with Crippen molar-refractivity contribution in [3.8, 4) is 11.5 Å². The highest BCUT2D eigenvalue weighted by Gasteiger charge is 2.46. The average Bonchev–Trinajstić information content (AvgIpc) is 2.71. The van der Waals surface area contributed by atoms with Crippen LogP contribution in [0.1, 0.15) is 58.3 Å². The Bertz CT molecular complexity index is 660. The van der Waals surface area contributed by atoms with Crippen LogP contribution in [-0.2, 0) is 4.74 Å². The highest BCUT2D eigenvalue weighted by Crippen LogP contribution is 2.41. The molecule has 1 aromatic rings. The minimum absolute atomic E-state index is 0.112. The molecular weight excluding hydrogens is 407 g/mol. The van der Waals surface area contributed by atoms with E-state index in [2.05, 4.69) is 16.4 Å². The quantitative estimate of drug-likeness (QED) is 0.428. The standard InChI is InChI=1S/C22H29F5O3/c1-2-3-14-4-6-15(7-5-14)16-8-9-20(28-12-16)22(26,27)30-17-10-18(24)21(29-13-23)19(25)11-17/h10-11,14-16,20H,2-9,12-13H2,1H3. The molecule has 0 spiro atoms. The van der Waals surface area contributed by atoms with Crippen LogP contribution < -0.4 is 9.47 Å². The maximum Gasteiger partial charge on any atom is 0.424 e. The van der Waals surface area contributed by atoms with Gasteiger partial charge in [0.2, 0.25) is 6.86 Å². The lowest BCUT2D eigenvalue weighted by atomic mass is 9.73. The molecule has 1 heterocycles. The van der Waals surface area contributed by atoms with Gasteiger partial charge in [0.25, 0.3) is 0 Å². The van der Waals surface area contributed by atoms with Gasteiger partial charge in [-0.05, 0) is 43.4 Å². The molecule has 0 radical (unpaired) electrons. The van der Waals surface area contributed by atoms with Gasteiger partial charge in [-0.1, -0.05) is 32.6 Å². The lowest BCUT2D eigenvalue weighted by Crippen LogP contribution is -2.45. The number of ether oxygens (including phenoxy) is 3. The van der Waals surface area contributed by atoms with E-state index in [1.807, 2.05) is 0 Å². The Morgan fingerprint density at radius 2 is 1.63 bits per heavy atom. The van der Waals surface area contributed by atoms with Crippen molar-refractivity contribution in [2.45, 2.75) is 70.5 Å². The molecule has 2 aliphatic rings. The van der Waals surface area contributed by atoms with Crippen LogP contribution in [0.5, 0.6) is 11.5 Å². The first-order valence-corrected chi connectivity index (χ1v) is 10.7. The Hall–Kier alpha value is -1.57. The second-order valence-electron chi connectivity index (χ2n) is 8.36. The van der Waals surface area contributed by atoms with Crippen LogP contribution in [0.2, 0.25) is 0 Å². The lowest BCUT2D eigenvalue weighted by Gasteiger charge is -2.39. The third-order valence-corrected chi connectivity index (χ3v) is 6.37. The van der Waals surface area contributed by atoms with Crippen LogP contribution in [0, 0.1) is 29.4 Å². The molecule has 1 saturated heterocycles. The van der Waals surface area contributed by atoms with Gasteiger partial charge in [0.1, 0.15) is 5.75 Å². The molecule has 0 N–H and O–H groups in total. The summed E-state index contributed by atoms with van der Waals surface area (Å²) >= 11 is 0. The van der Waals surface area contributed by atoms with E-state index in [1.54, 1.807) is 0 Å². The van der Waals surface area contributed by atoms with Crippen molar-refractivity contribution in [3.05, 3.63) is 23.8 Å². The van der Waals surface area contributed by atoms with Crippen LogP contribution in [0.15, 0.2) is 12.1 Å². The van der Waals surface area contributed by atoms with Crippen molar-refractivity contribution >= 4 is 0 Å². The SMILES string of the molecule is CCCC1CCC(C2CCC(C(F)(F)Oc3cc(F)c(OCF)c(F)c3)OC2)CC1. The van der Waals surface area contributed by atoms with E-state index in [4.69, 9.17) is 4.74 Å². The van der Waals surface area contributed by atoms with Crippen LogP contribution in [0.3, 0.4) is 0 Å². The largest absolute Gasteiger partial charge is 0.457 e. The number of hydrogen-bond acceptors (Lipinski definition) is 3. The summed E-state index contributed by atoms with van der Waals surface area (Å²) in [5, 5.41) is 0. The normalized spacial score (nSPS) is 27.7. The van der Waals surface area contributed by atoms with E-state index in [0.717, 1.165) is 18.8 Å². The highest BCUT2D eigenvalue weighted by molar-refractivity contribution is 5.35. The zero-order chi connectivity index (χ0) is 21.7. The fourth-order valence-corrected chi connectivity index (χ4v) is 4.78. The summed E-state index contributed by atoms with van der Waals surface area (Å²) in [6.45, 7) is 0.985. The molecule has 2 unspecified atom stereocenters. The van der Waals surface area contributed by atoms with Crippen LogP contribution in [0.4, 0.5) is 22.0 Å². The van der Waals surface area contributed by atoms with E-state index >= 15 is 0 Å². The first kappa shape index (κ1) is 23.1. The fraction of sp³-hybridized carbons (Fsp3) is 0.727. The molecule has 3 rings (SSSR count). The Morgan fingerprint density at radius 3 is 2.17 bits per heavy atom. The first-order chi connectivity index (χ1) is 14.3. The van der Waals surface area contributed by atoms with Crippen molar-refractivity contribution in [2.75, 3.05) is 13.5 Å². The number of hydrogen-bond donors (Lipinski definition) is 0. The van der Waals surface area contributed by atoms with Gasteiger partial charge in [-0.25, -0.2) is 13.2 Å². The van der Waals surface area contributed by atoms with Gasteiger partial charge in [0.15, 0.2) is 23.5 Å². The maximum atomic E-state index is 14.5. The smallest absolute Gasteiger partial charge is 0.424 e. The Morgan fingerprint density at radius 1 is 1.00 bits per heavy atom. The van der Waals surface area contributed by atoms with E-state index in [1.165, 1.54) is 25.7 Å². The van der Waals surface area contributed by atoms with E-state index in [0.29, 0.717) is 24.5 Å².